The second-order valence-electron chi connectivity index (χ2n) is 3.96. The Hall–Kier alpha value is -1.72. The molecule has 0 aliphatic carbocycles. The van der Waals surface area contributed by atoms with Crippen molar-refractivity contribution in [3.63, 3.8) is 0 Å². The third-order valence-electron chi connectivity index (χ3n) is 2.59. The van der Waals surface area contributed by atoms with E-state index in [4.69, 9.17) is 5.11 Å². The summed E-state index contributed by atoms with van der Waals surface area (Å²) in [6, 6.07) is 9.27. The average Bonchev–Trinajstić information content (AvgIpc) is 2.71. The summed E-state index contributed by atoms with van der Waals surface area (Å²) in [6.07, 6.45) is -0.318. The van der Waals surface area contributed by atoms with Crippen LogP contribution in [0, 0.1) is 6.92 Å². The minimum Gasteiger partial charge on any atom is -0.477 e. The Morgan fingerprint density at radius 3 is 2.61 bits per heavy atom. The maximum absolute atomic E-state index is 10.9. The highest BCUT2D eigenvalue weighted by atomic mass is 32.1. The van der Waals surface area contributed by atoms with Gasteiger partial charge in [0.1, 0.15) is 4.88 Å². The lowest BCUT2D eigenvalue weighted by Crippen LogP contribution is -2.01. The third-order valence-corrected chi connectivity index (χ3v) is 3.76. The van der Waals surface area contributed by atoms with E-state index in [2.05, 4.69) is 4.98 Å². The van der Waals surface area contributed by atoms with E-state index in [1.54, 1.807) is 6.92 Å². The van der Waals surface area contributed by atoms with Crippen molar-refractivity contribution in [2.75, 3.05) is 0 Å². The molecule has 1 atom stereocenters. The average molecular weight is 263 g/mol. The van der Waals surface area contributed by atoms with Crippen LogP contribution in [0.25, 0.3) is 0 Å². The number of carbonyl (C=O) groups is 1. The number of aliphatic hydroxyl groups excluding tert-OH is 1. The number of carboxylic acid groups (broad SMARTS) is 1. The van der Waals surface area contributed by atoms with Gasteiger partial charge in [0, 0.05) is 6.42 Å². The van der Waals surface area contributed by atoms with Crippen molar-refractivity contribution >= 4 is 17.3 Å². The number of aliphatic hydroxyl groups is 1. The number of hydrogen-bond donors (Lipinski definition) is 2. The number of nitrogens with zero attached hydrogens (tertiary/aromatic N) is 1. The first kappa shape index (κ1) is 12.7. The summed E-state index contributed by atoms with van der Waals surface area (Å²) in [5.41, 5.74) is 1.31. The van der Waals surface area contributed by atoms with Gasteiger partial charge in [-0.1, -0.05) is 30.3 Å². The van der Waals surface area contributed by atoms with Gasteiger partial charge in [0.05, 0.1) is 16.8 Å². The molecule has 1 unspecified atom stereocenters. The Kier molecular flexibility index (Phi) is 3.74. The first-order valence-electron chi connectivity index (χ1n) is 5.50. The number of benzene rings is 1. The molecule has 2 aromatic rings. The monoisotopic (exact) mass is 263 g/mol. The molecule has 0 aliphatic heterocycles. The van der Waals surface area contributed by atoms with Crippen LogP contribution in [0.15, 0.2) is 30.3 Å². The standard InChI is InChI=1S/C13H13NO3S/c1-8-12(13(16)17)18-11(14-8)7-10(15)9-5-3-2-4-6-9/h2-6,10,15H,7H2,1H3,(H,16,17). The van der Waals surface area contributed by atoms with Gasteiger partial charge < -0.3 is 10.2 Å². The fraction of sp³-hybridized carbons (Fsp3) is 0.231. The van der Waals surface area contributed by atoms with E-state index < -0.39 is 12.1 Å². The van der Waals surface area contributed by atoms with Crippen LogP contribution in [0.1, 0.15) is 32.0 Å². The molecule has 0 radical (unpaired) electrons. The lowest BCUT2D eigenvalue weighted by atomic mass is 10.1. The normalized spacial score (nSPS) is 12.3. The Bertz CT molecular complexity index is 551. The second kappa shape index (κ2) is 5.29. The van der Waals surface area contributed by atoms with Gasteiger partial charge in [-0.2, -0.15) is 0 Å². The molecular weight excluding hydrogens is 250 g/mol. The minimum absolute atomic E-state index is 0.241. The zero-order chi connectivity index (χ0) is 13.1. The highest BCUT2D eigenvalue weighted by Gasteiger charge is 2.16. The lowest BCUT2D eigenvalue weighted by Gasteiger charge is -2.08. The van der Waals surface area contributed by atoms with Crippen LogP contribution in [0.4, 0.5) is 0 Å². The quantitative estimate of drug-likeness (QED) is 0.888. The summed E-state index contributed by atoms with van der Waals surface area (Å²) in [5, 5.41) is 19.6. The van der Waals surface area contributed by atoms with Crippen molar-refractivity contribution in [3.8, 4) is 0 Å². The van der Waals surface area contributed by atoms with Crippen LogP contribution >= 0.6 is 11.3 Å². The molecule has 0 saturated carbocycles. The van der Waals surface area contributed by atoms with Crippen LogP contribution in [-0.2, 0) is 6.42 Å². The molecular formula is C13H13NO3S. The van der Waals surface area contributed by atoms with Crippen LogP contribution < -0.4 is 0 Å². The number of aromatic nitrogens is 1. The smallest absolute Gasteiger partial charge is 0.347 e. The SMILES string of the molecule is Cc1nc(CC(O)c2ccccc2)sc1C(=O)O. The molecule has 4 nitrogen and oxygen atoms in total. The van der Waals surface area contributed by atoms with Crippen molar-refractivity contribution in [2.24, 2.45) is 0 Å². The Balaban J connectivity index is 2.15. The first-order valence-corrected chi connectivity index (χ1v) is 6.32. The van der Waals surface area contributed by atoms with Crippen molar-refractivity contribution in [1.29, 1.82) is 0 Å². The molecule has 1 aromatic carbocycles. The van der Waals surface area contributed by atoms with E-state index in [1.807, 2.05) is 30.3 Å². The fourth-order valence-electron chi connectivity index (χ4n) is 1.70. The highest BCUT2D eigenvalue weighted by Crippen LogP contribution is 2.23. The van der Waals surface area contributed by atoms with Crippen molar-refractivity contribution in [1.82, 2.24) is 4.98 Å². The molecule has 0 spiro atoms. The molecule has 94 valence electrons. The van der Waals surface area contributed by atoms with Crippen molar-refractivity contribution in [2.45, 2.75) is 19.4 Å². The molecule has 2 N–H and O–H groups in total. The number of aromatic carboxylic acids is 1. The molecule has 0 aliphatic rings. The van der Waals surface area contributed by atoms with E-state index in [9.17, 15) is 9.90 Å². The highest BCUT2D eigenvalue weighted by molar-refractivity contribution is 7.13. The maximum Gasteiger partial charge on any atom is 0.347 e. The van der Waals surface area contributed by atoms with Crippen molar-refractivity contribution < 1.29 is 15.0 Å². The lowest BCUT2D eigenvalue weighted by molar-refractivity contribution is 0.0701. The van der Waals surface area contributed by atoms with Gasteiger partial charge in [-0.05, 0) is 12.5 Å². The van der Waals surface area contributed by atoms with E-state index in [1.165, 1.54) is 0 Å². The number of thiazole rings is 1. The molecule has 0 bridgehead atoms. The van der Waals surface area contributed by atoms with E-state index in [0.717, 1.165) is 16.9 Å². The number of carboxylic acids is 1. The largest absolute Gasteiger partial charge is 0.477 e. The molecule has 0 fully saturated rings. The molecule has 0 amide bonds. The predicted octanol–water partition coefficient (Wildman–Crippen LogP) is 2.43. The summed E-state index contributed by atoms with van der Waals surface area (Å²) in [6.45, 7) is 1.67. The minimum atomic E-state index is -0.967. The van der Waals surface area contributed by atoms with Crippen LogP contribution in [0.5, 0.6) is 0 Å². The molecule has 2 rings (SSSR count). The molecule has 0 saturated heterocycles. The Morgan fingerprint density at radius 2 is 2.06 bits per heavy atom. The van der Waals surface area contributed by atoms with Gasteiger partial charge >= 0.3 is 5.97 Å². The second-order valence-corrected chi connectivity index (χ2v) is 5.04. The van der Waals surface area contributed by atoms with Crippen LogP contribution in [0.2, 0.25) is 0 Å². The topological polar surface area (TPSA) is 70.4 Å². The number of aryl methyl sites for hydroxylation is 1. The Morgan fingerprint density at radius 1 is 1.39 bits per heavy atom. The molecule has 18 heavy (non-hydrogen) atoms. The van der Waals surface area contributed by atoms with Crippen molar-refractivity contribution in [3.05, 3.63) is 51.5 Å². The maximum atomic E-state index is 10.9. The molecule has 1 heterocycles. The number of hydrogen-bond acceptors (Lipinski definition) is 4. The molecule has 5 heteroatoms. The van der Waals surface area contributed by atoms with Gasteiger partial charge in [0.25, 0.3) is 0 Å². The van der Waals surface area contributed by atoms with Gasteiger partial charge in [-0.3, -0.25) is 0 Å². The van der Waals surface area contributed by atoms with E-state index >= 15 is 0 Å². The van der Waals surface area contributed by atoms with E-state index in [-0.39, 0.29) is 4.88 Å². The number of rotatable bonds is 4. The van der Waals surface area contributed by atoms with Crippen LogP contribution in [0.3, 0.4) is 0 Å². The van der Waals surface area contributed by atoms with E-state index in [0.29, 0.717) is 17.1 Å². The summed E-state index contributed by atoms with van der Waals surface area (Å²) in [4.78, 5) is 15.3. The zero-order valence-electron chi connectivity index (χ0n) is 9.83. The third kappa shape index (κ3) is 2.75. The van der Waals surface area contributed by atoms with Gasteiger partial charge in [0.15, 0.2) is 0 Å². The first-order chi connectivity index (χ1) is 8.58. The predicted molar refractivity (Wildman–Crippen MR) is 68.9 cm³/mol. The van der Waals surface area contributed by atoms with Gasteiger partial charge in [0.2, 0.25) is 0 Å². The van der Waals surface area contributed by atoms with Crippen LogP contribution in [-0.4, -0.2) is 21.2 Å². The Labute approximate surface area is 109 Å². The summed E-state index contributed by atoms with van der Waals surface area (Å²) in [7, 11) is 0. The van der Waals surface area contributed by atoms with Gasteiger partial charge in [-0.15, -0.1) is 11.3 Å². The zero-order valence-corrected chi connectivity index (χ0v) is 10.6. The summed E-state index contributed by atoms with van der Waals surface area (Å²) in [5.74, 6) is -0.967. The summed E-state index contributed by atoms with van der Waals surface area (Å²) >= 11 is 1.12. The fourth-order valence-corrected chi connectivity index (χ4v) is 2.64. The molecule has 1 aromatic heterocycles. The summed E-state index contributed by atoms with van der Waals surface area (Å²) < 4.78 is 0. The van der Waals surface area contributed by atoms with Gasteiger partial charge in [-0.25, -0.2) is 9.78 Å².